The molecule has 0 aliphatic carbocycles. The zero-order chi connectivity index (χ0) is 14.4. The lowest BCUT2D eigenvalue weighted by Crippen LogP contribution is -2.33. The van der Waals surface area contributed by atoms with Gasteiger partial charge in [0.15, 0.2) is 0 Å². The molecule has 0 saturated carbocycles. The molecule has 0 spiro atoms. The second-order valence-corrected chi connectivity index (χ2v) is 5.09. The van der Waals surface area contributed by atoms with E-state index in [1.54, 1.807) is 4.90 Å². The molecule has 20 heavy (non-hydrogen) atoms. The summed E-state index contributed by atoms with van der Waals surface area (Å²) in [6.07, 6.45) is 0.676. The first-order chi connectivity index (χ1) is 9.76. The van der Waals surface area contributed by atoms with Crippen LogP contribution in [0.15, 0.2) is 30.3 Å². The Morgan fingerprint density at radius 2 is 2.10 bits per heavy atom. The van der Waals surface area contributed by atoms with E-state index in [1.165, 1.54) is 0 Å². The number of benzene rings is 1. The van der Waals surface area contributed by atoms with Crippen LogP contribution in [-0.2, 0) is 13.0 Å². The van der Waals surface area contributed by atoms with E-state index >= 15 is 0 Å². The third-order valence-corrected chi connectivity index (χ3v) is 3.71. The van der Waals surface area contributed by atoms with Crippen LogP contribution in [0.1, 0.15) is 27.9 Å². The van der Waals surface area contributed by atoms with E-state index in [-0.39, 0.29) is 12.5 Å². The van der Waals surface area contributed by atoms with Crippen molar-refractivity contribution in [2.45, 2.75) is 19.9 Å². The molecule has 6 heteroatoms. The van der Waals surface area contributed by atoms with Gasteiger partial charge in [-0.3, -0.25) is 4.79 Å². The summed E-state index contributed by atoms with van der Waals surface area (Å²) >= 11 is 1.11. The van der Waals surface area contributed by atoms with Crippen molar-refractivity contribution in [2.24, 2.45) is 0 Å². The fourth-order valence-corrected chi connectivity index (χ4v) is 2.64. The van der Waals surface area contributed by atoms with Gasteiger partial charge in [-0.2, -0.15) is 0 Å². The number of amides is 1. The van der Waals surface area contributed by atoms with Gasteiger partial charge in [0.25, 0.3) is 5.91 Å². The van der Waals surface area contributed by atoms with Crippen LogP contribution in [0.2, 0.25) is 0 Å². The van der Waals surface area contributed by atoms with Crippen LogP contribution < -0.4 is 0 Å². The van der Waals surface area contributed by atoms with E-state index in [1.807, 2.05) is 37.3 Å². The first-order valence-corrected chi connectivity index (χ1v) is 7.29. The van der Waals surface area contributed by atoms with Gasteiger partial charge in [-0.25, -0.2) is 0 Å². The molecule has 106 valence electrons. The van der Waals surface area contributed by atoms with Gasteiger partial charge in [0, 0.05) is 13.1 Å². The quantitative estimate of drug-likeness (QED) is 0.880. The van der Waals surface area contributed by atoms with Gasteiger partial charge in [-0.15, -0.1) is 5.10 Å². The molecule has 2 rings (SSSR count). The second-order valence-electron chi connectivity index (χ2n) is 4.34. The molecule has 0 atom stereocenters. The average molecular weight is 291 g/mol. The zero-order valence-corrected chi connectivity index (χ0v) is 12.1. The topological polar surface area (TPSA) is 66.3 Å². The van der Waals surface area contributed by atoms with E-state index in [2.05, 4.69) is 9.59 Å². The molecule has 0 radical (unpaired) electrons. The maximum absolute atomic E-state index is 12.5. The van der Waals surface area contributed by atoms with Gasteiger partial charge in [-0.1, -0.05) is 41.7 Å². The summed E-state index contributed by atoms with van der Waals surface area (Å²) in [6, 6.07) is 9.72. The number of carbonyl (C=O) groups is 1. The monoisotopic (exact) mass is 291 g/mol. The maximum Gasteiger partial charge on any atom is 0.267 e. The molecule has 1 aromatic carbocycles. The highest BCUT2D eigenvalue weighted by atomic mass is 32.1. The summed E-state index contributed by atoms with van der Waals surface area (Å²) in [7, 11) is 0. The molecule has 0 aliphatic heterocycles. The van der Waals surface area contributed by atoms with Crippen LogP contribution in [0.5, 0.6) is 0 Å². The summed E-state index contributed by atoms with van der Waals surface area (Å²) < 4.78 is 3.85. The minimum Gasteiger partial charge on any atom is -0.395 e. The summed E-state index contributed by atoms with van der Waals surface area (Å²) in [4.78, 5) is 14.7. The van der Waals surface area contributed by atoms with Crippen molar-refractivity contribution in [1.82, 2.24) is 14.5 Å². The number of hydrogen-bond acceptors (Lipinski definition) is 5. The number of aromatic nitrogens is 2. The largest absolute Gasteiger partial charge is 0.395 e. The van der Waals surface area contributed by atoms with Crippen molar-refractivity contribution in [3.05, 3.63) is 46.5 Å². The second kappa shape index (κ2) is 7.12. The van der Waals surface area contributed by atoms with E-state index in [0.717, 1.165) is 22.8 Å². The van der Waals surface area contributed by atoms with E-state index in [0.29, 0.717) is 24.4 Å². The third-order valence-electron chi connectivity index (χ3n) is 2.96. The lowest BCUT2D eigenvalue weighted by molar-refractivity contribution is 0.0711. The van der Waals surface area contributed by atoms with Crippen LogP contribution >= 0.6 is 11.5 Å². The first-order valence-electron chi connectivity index (χ1n) is 6.51. The van der Waals surface area contributed by atoms with Crippen molar-refractivity contribution >= 4 is 17.4 Å². The molecule has 0 aliphatic rings. The molecule has 0 saturated heterocycles. The van der Waals surface area contributed by atoms with Gasteiger partial charge >= 0.3 is 0 Å². The first kappa shape index (κ1) is 14.6. The number of aryl methyl sites for hydroxylation is 1. The van der Waals surface area contributed by atoms with Crippen LogP contribution in [0.25, 0.3) is 0 Å². The number of carbonyl (C=O) groups excluding carboxylic acids is 1. The lowest BCUT2D eigenvalue weighted by atomic mass is 10.2. The molecule has 2 aromatic rings. The minimum atomic E-state index is -0.116. The van der Waals surface area contributed by atoms with Gasteiger partial charge < -0.3 is 10.0 Å². The van der Waals surface area contributed by atoms with Crippen LogP contribution in [-0.4, -0.2) is 38.7 Å². The summed E-state index contributed by atoms with van der Waals surface area (Å²) in [5, 5.41) is 13.1. The average Bonchev–Trinajstić information content (AvgIpc) is 2.95. The Morgan fingerprint density at radius 1 is 1.35 bits per heavy atom. The summed E-state index contributed by atoms with van der Waals surface area (Å²) in [5.74, 6) is -0.116. The molecule has 5 nitrogen and oxygen atoms in total. The van der Waals surface area contributed by atoms with Crippen LogP contribution in [0.4, 0.5) is 0 Å². The highest BCUT2D eigenvalue weighted by Gasteiger charge is 2.21. The minimum absolute atomic E-state index is 0.0632. The normalized spacial score (nSPS) is 10.5. The van der Waals surface area contributed by atoms with Gasteiger partial charge in [0.1, 0.15) is 4.88 Å². The fourth-order valence-electron chi connectivity index (χ4n) is 1.92. The molecule has 0 fully saturated rings. The Labute approximate surface area is 122 Å². The Hall–Kier alpha value is -1.79. The lowest BCUT2D eigenvalue weighted by Gasteiger charge is -2.21. The summed E-state index contributed by atoms with van der Waals surface area (Å²) in [6.45, 7) is 2.66. The number of hydrogen-bond donors (Lipinski definition) is 1. The third kappa shape index (κ3) is 3.40. The maximum atomic E-state index is 12.5. The SMILES string of the molecule is CCc1nnsc1C(=O)N(CCO)Cc1ccccc1. The van der Waals surface area contributed by atoms with Crippen LogP contribution in [0.3, 0.4) is 0 Å². The number of nitrogens with zero attached hydrogens (tertiary/aromatic N) is 3. The van der Waals surface area contributed by atoms with Crippen molar-refractivity contribution in [1.29, 1.82) is 0 Å². The Bertz CT molecular complexity index is 557. The van der Waals surface area contributed by atoms with Crippen LogP contribution in [0, 0.1) is 0 Å². The number of rotatable bonds is 6. The molecule has 0 unspecified atom stereocenters. The van der Waals surface area contributed by atoms with Gasteiger partial charge in [0.2, 0.25) is 0 Å². The molecule has 0 bridgehead atoms. The predicted molar refractivity (Wildman–Crippen MR) is 77.6 cm³/mol. The van der Waals surface area contributed by atoms with E-state index in [4.69, 9.17) is 5.11 Å². The molecule has 1 amide bonds. The van der Waals surface area contributed by atoms with Gasteiger partial charge in [0.05, 0.1) is 12.3 Å². The van der Waals surface area contributed by atoms with Crippen molar-refractivity contribution < 1.29 is 9.90 Å². The highest BCUT2D eigenvalue weighted by molar-refractivity contribution is 7.07. The van der Waals surface area contributed by atoms with Crippen molar-refractivity contribution in [3.63, 3.8) is 0 Å². The smallest absolute Gasteiger partial charge is 0.267 e. The number of aliphatic hydroxyl groups excluding tert-OH is 1. The molecule has 1 N–H and O–H groups in total. The van der Waals surface area contributed by atoms with E-state index < -0.39 is 0 Å². The highest BCUT2D eigenvalue weighted by Crippen LogP contribution is 2.16. The van der Waals surface area contributed by atoms with Crippen molar-refractivity contribution in [3.8, 4) is 0 Å². The molecule has 1 heterocycles. The predicted octanol–water partition coefficient (Wildman–Crippen LogP) is 1.74. The Balaban J connectivity index is 2.18. The molecular formula is C14H17N3O2S. The zero-order valence-electron chi connectivity index (χ0n) is 11.3. The number of aliphatic hydroxyl groups is 1. The van der Waals surface area contributed by atoms with E-state index in [9.17, 15) is 4.79 Å². The Morgan fingerprint density at radius 3 is 2.75 bits per heavy atom. The Kier molecular flexibility index (Phi) is 5.20. The van der Waals surface area contributed by atoms with Gasteiger partial charge in [-0.05, 0) is 23.5 Å². The fraction of sp³-hybridized carbons (Fsp3) is 0.357. The summed E-state index contributed by atoms with van der Waals surface area (Å²) in [5.41, 5.74) is 1.75. The van der Waals surface area contributed by atoms with Crippen molar-refractivity contribution in [2.75, 3.05) is 13.2 Å². The molecular weight excluding hydrogens is 274 g/mol. The standard InChI is InChI=1S/C14H17N3O2S/c1-2-12-13(20-16-15-12)14(19)17(8-9-18)10-11-6-4-3-5-7-11/h3-7,18H,2,8-10H2,1H3. The molecule has 1 aromatic heterocycles.